The van der Waals surface area contributed by atoms with Crippen LogP contribution < -0.4 is 0 Å². The monoisotopic (exact) mass is 205 g/mol. The SMILES string of the molecule is Cc1ccccc1/C=C/OCCN(C)C. The van der Waals surface area contributed by atoms with Crippen LogP contribution in [0.5, 0.6) is 0 Å². The molecular formula is C13H19NO. The van der Waals surface area contributed by atoms with Crippen LogP contribution in [0, 0.1) is 6.92 Å². The summed E-state index contributed by atoms with van der Waals surface area (Å²) in [5.74, 6) is 0. The van der Waals surface area contributed by atoms with Gasteiger partial charge in [-0.05, 0) is 38.2 Å². The molecule has 0 unspecified atom stereocenters. The molecule has 1 aromatic carbocycles. The second-order valence-electron chi connectivity index (χ2n) is 3.83. The molecule has 0 aliphatic rings. The Morgan fingerprint density at radius 3 is 2.67 bits per heavy atom. The van der Waals surface area contributed by atoms with E-state index >= 15 is 0 Å². The minimum absolute atomic E-state index is 0.732. The molecule has 0 aliphatic heterocycles. The van der Waals surface area contributed by atoms with Gasteiger partial charge in [0.15, 0.2) is 0 Å². The first-order chi connectivity index (χ1) is 7.20. The highest BCUT2D eigenvalue weighted by molar-refractivity contribution is 5.52. The lowest BCUT2D eigenvalue weighted by Gasteiger charge is -2.08. The van der Waals surface area contributed by atoms with E-state index in [1.54, 1.807) is 6.26 Å². The van der Waals surface area contributed by atoms with Crippen molar-refractivity contribution in [2.75, 3.05) is 27.2 Å². The number of likely N-dealkylation sites (N-methyl/N-ethyl adjacent to an activating group) is 1. The Labute approximate surface area is 92.2 Å². The Morgan fingerprint density at radius 2 is 2.00 bits per heavy atom. The highest BCUT2D eigenvalue weighted by Crippen LogP contribution is 2.08. The molecule has 0 spiro atoms. The molecule has 0 heterocycles. The summed E-state index contributed by atoms with van der Waals surface area (Å²) in [5, 5.41) is 0. The van der Waals surface area contributed by atoms with E-state index in [2.05, 4.69) is 24.0 Å². The molecule has 0 atom stereocenters. The minimum atomic E-state index is 0.732. The van der Waals surface area contributed by atoms with Gasteiger partial charge in [-0.25, -0.2) is 0 Å². The summed E-state index contributed by atoms with van der Waals surface area (Å²) in [6, 6.07) is 8.26. The van der Waals surface area contributed by atoms with Gasteiger partial charge in [0.2, 0.25) is 0 Å². The Bertz CT molecular complexity index is 318. The molecule has 0 saturated carbocycles. The van der Waals surface area contributed by atoms with Crippen molar-refractivity contribution in [2.45, 2.75) is 6.92 Å². The van der Waals surface area contributed by atoms with E-state index in [0.29, 0.717) is 0 Å². The van der Waals surface area contributed by atoms with Gasteiger partial charge in [0, 0.05) is 6.54 Å². The third-order valence-electron chi connectivity index (χ3n) is 2.19. The quantitative estimate of drug-likeness (QED) is 0.541. The third-order valence-corrected chi connectivity index (χ3v) is 2.19. The number of benzene rings is 1. The van der Waals surface area contributed by atoms with Crippen LogP contribution in [0.2, 0.25) is 0 Å². The van der Waals surface area contributed by atoms with Crippen LogP contribution in [-0.4, -0.2) is 32.1 Å². The fraction of sp³-hybridized carbons (Fsp3) is 0.385. The van der Waals surface area contributed by atoms with E-state index in [-0.39, 0.29) is 0 Å². The van der Waals surface area contributed by atoms with Crippen molar-refractivity contribution in [2.24, 2.45) is 0 Å². The van der Waals surface area contributed by atoms with Crippen LogP contribution in [0.3, 0.4) is 0 Å². The molecule has 1 rings (SSSR count). The summed E-state index contributed by atoms with van der Waals surface area (Å²) in [5.41, 5.74) is 2.48. The van der Waals surface area contributed by atoms with Gasteiger partial charge in [0.25, 0.3) is 0 Å². The fourth-order valence-corrected chi connectivity index (χ4v) is 1.20. The van der Waals surface area contributed by atoms with Crippen LogP contribution in [0.1, 0.15) is 11.1 Å². The summed E-state index contributed by atoms with van der Waals surface area (Å²) >= 11 is 0. The lowest BCUT2D eigenvalue weighted by atomic mass is 10.1. The molecule has 0 radical (unpaired) electrons. The maximum absolute atomic E-state index is 5.38. The number of nitrogens with zero attached hydrogens (tertiary/aromatic N) is 1. The van der Waals surface area contributed by atoms with Crippen molar-refractivity contribution in [1.29, 1.82) is 0 Å². The van der Waals surface area contributed by atoms with Gasteiger partial charge in [0.1, 0.15) is 0 Å². The molecule has 0 fully saturated rings. The molecule has 1 aromatic rings. The predicted octanol–water partition coefficient (Wildman–Crippen LogP) is 2.54. The maximum atomic E-state index is 5.38. The zero-order valence-electron chi connectivity index (χ0n) is 9.73. The standard InChI is InChI=1S/C13H19NO/c1-12-6-4-5-7-13(12)8-10-15-11-9-14(2)3/h4-8,10H,9,11H2,1-3H3/b10-8+. The Morgan fingerprint density at radius 1 is 1.27 bits per heavy atom. The average molecular weight is 205 g/mol. The molecule has 0 saturated heterocycles. The van der Waals surface area contributed by atoms with E-state index in [1.807, 2.05) is 32.3 Å². The molecule has 0 amide bonds. The number of hydrogen-bond acceptors (Lipinski definition) is 2. The smallest absolute Gasteiger partial charge is 0.0999 e. The normalized spacial score (nSPS) is 11.2. The van der Waals surface area contributed by atoms with E-state index in [0.717, 1.165) is 13.2 Å². The van der Waals surface area contributed by atoms with Gasteiger partial charge < -0.3 is 9.64 Å². The summed E-state index contributed by atoms with van der Waals surface area (Å²) in [7, 11) is 4.07. The molecule has 82 valence electrons. The highest BCUT2D eigenvalue weighted by Gasteiger charge is 1.91. The van der Waals surface area contributed by atoms with Crippen LogP contribution >= 0.6 is 0 Å². The van der Waals surface area contributed by atoms with Gasteiger partial charge in [-0.1, -0.05) is 24.3 Å². The molecular weight excluding hydrogens is 186 g/mol. The zero-order chi connectivity index (χ0) is 11.1. The van der Waals surface area contributed by atoms with Gasteiger partial charge in [0.05, 0.1) is 12.9 Å². The van der Waals surface area contributed by atoms with Crippen molar-refractivity contribution in [3.8, 4) is 0 Å². The van der Waals surface area contributed by atoms with Gasteiger partial charge in [-0.15, -0.1) is 0 Å². The lowest BCUT2D eigenvalue weighted by Crippen LogP contribution is -2.16. The molecule has 0 N–H and O–H groups in total. The van der Waals surface area contributed by atoms with Gasteiger partial charge in [-0.2, -0.15) is 0 Å². The summed E-state index contributed by atoms with van der Waals surface area (Å²) < 4.78 is 5.38. The first-order valence-corrected chi connectivity index (χ1v) is 5.18. The van der Waals surface area contributed by atoms with Crippen LogP contribution in [0.15, 0.2) is 30.5 Å². The van der Waals surface area contributed by atoms with Crippen LogP contribution in [0.25, 0.3) is 6.08 Å². The van der Waals surface area contributed by atoms with Crippen LogP contribution in [0.4, 0.5) is 0 Å². The predicted molar refractivity (Wildman–Crippen MR) is 64.7 cm³/mol. The van der Waals surface area contributed by atoms with E-state index in [1.165, 1.54) is 11.1 Å². The number of hydrogen-bond donors (Lipinski definition) is 0. The van der Waals surface area contributed by atoms with E-state index in [9.17, 15) is 0 Å². The first-order valence-electron chi connectivity index (χ1n) is 5.18. The maximum Gasteiger partial charge on any atom is 0.0999 e. The molecule has 0 aromatic heterocycles. The number of ether oxygens (including phenoxy) is 1. The summed E-state index contributed by atoms with van der Waals surface area (Å²) in [6.45, 7) is 3.77. The molecule has 15 heavy (non-hydrogen) atoms. The lowest BCUT2D eigenvalue weighted by molar-refractivity contribution is 0.214. The number of aryl methyl sites for hydroxylation is 1. The van der Waals surface area contributed by atoms with Crippen molar-refractivity contribution in [3.63, 3.8) is 0 Å². The Hall–Kier alpha value is -1.28. The fourth-order valence-electron chi connectivity index (χ4n) is 1.20. The topological polar surface area (TPSA) is 12.5 Å². The highest BCUT2D eigenvalue weighted by atomic mass is 16.5. The van der Waals surface area contributed by atoms with Crippen molar-refractivity contribution >= 4 is 6.08 Å². The Kier molecular flexibility index (Phi) is 4.91. The van der Waals surface area contributed by atoms with E-state index in [4.69, 9.17) is 4.74 Å². The van der Waals surface area contributed by atoms with Crippen molar-refractivity contribution in [1.82, 2.24) is 4.90 Å². The van der Waals surface area contributed by atoms with Gasteiger partial charge >= 0.3 is 0 Å². The van der Waals surface area contributed by atoms with E-state index < -0.39 is 0 Å². The summed E-state index contributed by atoms with van der Waals surface area (Å²) in [4.78, 5) is 2.10. The third kappa shape index (κ3) is 4.66. The molecule has 0 aliphatic carbocycles. The molecule has 2 heteroatoms. The van der Waals surface area contributed by atoms with Gasteiger partial charge in [-0.3, -0.25) is 0 Å². The second kappa shape index (κ2) is 6.25. The average Bonchev–Trinajstić information content (AvgIpc) is 2.20. The molecule has 0 bridgehead atoms. The minimum Gasteiger partial charge on any atom is -0.500 e. The first kappa shape index (κ1) is 11.8. The zero-order valence-corrected chi connectivity index (χ0v) is 9.73. The van der Waals surface area contributed by atoms with Crippen molar-refractivity contribution < 1.29 is 4.74 Å². The van der Waals surface area contributed by atoms with Crippen LogP contribution in [-0.2, 0) is 4.74 Å². The molecule has 2 nitrogen and oxygen atoms in total. The second-order valence-corrected chi connectivity index (χ2v) is 3.83. The largest absolute Gasteiger partial charge is 0.500 e. The van der Waals surface area contributed by atoms with Crippen molar-refractivity contribution in [3.05, 3.63) is 41.7 Å². The Balaban J connectivity index is 2.35. The number of rotatable bonds is 5. The summed E-state index contributed by atoms with van der Waals surface area (Å²) in [6.07, 6.45) is 3.77.